The maximum Gasteiger partial charge on any atom is 0.394 e. The number of hydrogen-bond acceptors (Lipinski definition) is 6. The van der Waals surface area contributed by atoms with E-state index in [0.717, 1.165) is 0 Å². The molecule has 0 aliphatic rings. The molecule has 0 atom stereocenters. The summed E-state index contributed by atoms with van der Waals surface area (Å²) in [4.78, 5) is 0. The third-order valence-electron chi connectivity index (χ3n) is 0.1000. The molecule has 0 bridgehead atoms. The first-order chi connectivity index (χ1) is 5.91. The fourth-order valence-corrected chi connectivity index (χ4v) is 0. The van der Waals surface area contributed by atoms with Crippen LogP contribution in [0.4, 0.5) is 0 Å². The molecule has 0 aromatic heterocycles. The first-order valence-corrected chi connectivity index (χ1v) is 5.32. The quantitative estimate of drug-likeness (QED) is 0.217. The molecule has 6 N–H and O–H groups in total. The number of aliphatic hydroxyl groups is 2. The molecule has 0 unspecified atom stereocenters. The van der Waals surface area contributed by atoms with E-state index in [0.29, 0.717) is 0 Å². The van der Waals surface area contributed by atoms with Crippen molar-refractivity contribution < 1.29 is 45.3 Å². The van der Waals surface area contributed by atoms with Gasteiger partial charge in [0, 0.05) is 29.6 Å². The Morgan fingerprint density at radius 1 is 0.667 bits per heavy atom. The average molecular weight is 281 g/mol. The van der Waals surface area contributed by atoms with Crippen molar-refractivity contribution in [1.29, 1.82) is 0 Å². The fourth-order valence-electron chi connectivity index (χ4n) is 0. The number of aliphatic hydroxyl groups excluding tert-OH is 2. The van der Waals surface area contributed by atoms with Gasteiger partial charge in [-0.15, -0.1) is 0 Å². The number of rotatable bonds is 1. The van der Waals surface area contributed by atoms with Gasteiger partial charge < -0.3 is 10.2 Å². The van der Waals surface area contributed by atoms with Crippen LogP contribution in [0.15, 0.2) is 0 Å². The Morgan fingerprint density at radius 3 is 0.733 bits per heavy atom. The second-order valence-electron chi connectivity index (χ2n) is 1.34. The summed E-state index contributed by atoms with van der Waals surface area (Å²) in [6.07, 6.45) is 0. The van der Waals surface area contributed by atoms with E-state index in [4.69, 9.17) is 45.3 Å². The Kier molecular flexibility index (Phi) is 21.0. The van der Waals surface area contributed by atoms with Crippen LogP contribution in [0.3, 0.4) is 0 Å². The average Bonchev–Trinajstić information content (AvgIpc) is 1.79. The van der Waals surface area contributed by atoms with E-state index >= 15 is 0 Å². The maximum absolute atomic E-state index is 8.74. The minimum absolute atomic E-state index is 0. The molecule has 0 fully saturated rings. The van der Waals surface area contributed by atoms with Crippen LogP contribution in [0, 0.1) is 0 Å². The minimum atomic E-state index is -4.67. The van der Waals surface area contributed by atoms with Gasteiger partial charge in [-0.2, -0.15) is 16.8 Å². The molecule has 0 saturated carbocycles. The van der Waals surface area contributed by atoms with E-state index in [1.807, 2.05) is 0 Å². The van der Waals surface area contributed by atoms with Crippen molar-refractivity contribution in [3.63, 3.8) is 0 Å². The summed E-state index contributed by atoms with van der Waals surface area (Å²) >= 11 is 0. The van der Waals surface area contributed by atoms with Crippen LogP contribution in [0.25, 0.3) is 0 Å². The smallest absolute Gasteiger partial charge is 0.394 e. The molecule has 0 amide bonds. The maximum atomic E-state index is 8.74. The number of hydrogen-bond donors (Lipinski definition) is 6. The van der Waals surface area contributed by atoms with E-state index in [2.05, 4.69) is 0 Å². The van der Waals surface area contributed by atoms with Gasteiger partial charge >= 0.3 is 20.8 Å². The van der Waals surface area contributed by atoms with Crippen molar-refractivity contribution >= 4 is 50.4 Å². The largest absolute Gasteiger partial charge is 0.394 e. The molecule has 0 aliphatic heterocycles. The van der Waals surface area contributed by atoms with Crippen LogP contribution >= 0.6 is 0 Å². The topological polar surface area (TPSA) is 190 Å². The molecule has 0 saturated heterocycles. The Hall–Kier alpha value is 0.660. The monoisotopic (exact) mass is 281 g/mol. The summed E-state index contributed by atoms with van der Waals surface area (Å²) in [5.74, 6) is 0. The van der Waals surface area contributed by atoms with E-state index in [1.165, 1.54) is 0 Å². The van der Waals surface area contributed by atoms with Gasteiger partial charge in [-0.1, -0.05) is 0 Å². The predicted molar refractivity (Wildman–Crippen MR) is 48.3 cm³/mol. The fraction of sp³-hybridized carbons (Fsp3) is 1.00. The Morgan fingerprint density at radius 2 is 0.733 bits per heavy atom. The standard InChI is InChI=1S/C2H6O2.Na.2H2O4S/c3-1-2-4;;2*1-5(2,3)4/h3-4H,1-2H2;;2*(H2,1,2,3,4). The molecular formula is C2H10NaO10S2. The zero-order valence-corrected chi connectivity index (χ0v) is 11.2. The molecule has 0 heterocycles. The van der Waals surface area contributed by atoms with Gasteiger partial charge in [0.25, 0.3) is 0 Å². The summed E-state index contributed by atoms with van der Waals surface area (Å²) < 4.78 is 63.2. The molecule has 0 aliphatic carbocycles. The van der Waals surface area contributed by atoms with Gasteiger partial charge in [0.05, 0.1) is 13.2 Å². The second-order valence-corrected chi connectivity index (χ2v) is 3.13. The van der Waals surface area contributed by atoms with E-state index in [9.17, 15) is 0 Å². The van der Waals surface area contributed by atoms with E-state index in [-0.39, 0.29) is 42.8 Å². The normalized spacial score (nSPS) is 9.73. The van der Waals surface area contributed by atoms with Crippen molar-refractivity contribution in [2.24, 2.45) is 0 Å². The third-order valence-corrected chi connectivity index (χ3v) is 0.1000. The van der Waals surface area contributed by atoms with Crippen molar-refractivity contribution in [3.05, 3.63) is 0 Å². The summed E-state index contributed by atoms with van der Waals surface area (Å²) in [6.45, 7) is -0.250. The first-order valence-electron chi connectivity index (χ1n) is 2.53. The van der Waals surface area contributed by atoms with Crippen LogP contribution in [-0.4, -0.2) is 88.0 Å². The molecule has 0 aromatic carbocycles. The van der Waals surface area contributed by atoms with Crippen LogP contribution in [0.1, 0.15) is 0 Å². The zero-order valence-electron chi connectivity index (χ0n) is 7.55. The van der Waals surface area contributed by atoms with Crippen LogP contribution in [0.5, 0.6) is 0 Å². The molecule has 0 spiro atoms. The second kappa shape index (κ2) is 12.7. The van der Waals surface area contributed by atoms with Crippen molar-refractivity contribution in [3.8, 4) is 0 Å². The molecule has 0 aromatic rings. The molecule has 15 heavy (non-hydrogen) atoms. The van der Waals surface area contributed by atoms with Crippen molar-refractivity contribution in [1.82, 2.24) is 0 Å². The Balaban J connectivity index is -0.0000000590. The van der Waals surface area contributed by atoms with Crippen LogP contribution in [-0.2, 0) is 20.8 Å². The van der Waals surface area contributed by atoms with Gasteiger partial charge in [0.15, 0.2) is 0 Å². The summed E-state index contributed by atoms with van der Waals surface area (Å²) in [6, 6.07) is 0. The minimum Gasteiger partial charge on any atom is -0.394 e. The third kappa shape index (κ3) is 853. The summed E-state index contributed by atoms with van der Waals surface area (Å²) in [7, 11) is -9.33. The molecule has 13 heteroatoms. The van der Waals surface area contributed by atoms with Gasteiger partial charge in [0.1, 0.15) is 0 Å². The molecule has 1 radical (unpaired) electrons. The Labute approximate surface area is 108 Å². The Bertz CT molecular complexity index is 241. The molecule has 0 rings (SSSR count). The van der Waals surface area contributed by atoms with Crippen molar-refractivity contribution in [2.75, 3.05) is 13.2 Å². The molecular weight excluding hydrogens is 271 g/mol. The van der Waals surface area contributed by atoms with Crippen LogP contribution in [0.2, 0.25) is 0 Å². The van der Waals surface area contributed by atoms with Gasteiger partial charge in [0.2, 0.25) is 0 Å². The van der Waals surface area contributed by atoms with Gasteiger partial charge in [-0.25, -0.2) is 0 Å². The van der Waals surface area contributed by atoms with Crippen LogP contribution < -0.4 is 0 Å². The molecule has 91 valence electrons. The SMILES string of the molecule is O=S(=O)(O)O.O=S(=O)(O)O.OCCO.[Na]. The molecule has 10 nitrogen and oxygen atoms in total. The van der Waals surface area contributed by atoms with E-state index < -0.39 is 20.8 Å². The van der Waals surface area contributed by atoms with E-state index in [1.54, 1.807) is 0 Å². The summed E-state index contributed by atoms with van der Waals surface area (Å²) in [5, 5.41) is 15.2. The predicted octanol–water partition coefficient (Wildman–Crippen LogP) is -2.72. The first kappa shape index (κ1) is 24.8. The zero-order chi connectivity index (χ0) is 12.4. The van der Waals surface area contributed by atoms with Crippen molar-refractivity contribution in [2.45, 2.75) is 0 Å². The summed E-state index contributed by atoms with van der Waals surface area (Å²) in [5.41, 5.74) is 0. The van der Waals surface area contributed by atoms with Gasteiger partial charge in [-0.3, -0.25) is 18.2 Å². The van der Waals surface area contributed by atoms with Gasteiger partial charge in [-0.05, 0) is 0 Å².